The van der Waals surface area contributed by atoms with E-state index in [0.29, 0.717) is 22.9 Å². The molecule has 2 fully saturated rings. The maximum atomic E-state index is 15.5. The fourth-order valence-electron chi connectivity index (χ4n) is 10.5. The van der Waals surface area contributed by atoms with Crippen LogP contribution in [0.5, 0.6) is 5.75 Å². The van der Waals surface area contributed by atoms with Gasteiger partial charge in [-0.2, -0.15) is 0 Å². The average molecular weight is 1120 g/mol. The number of nitrogens with one attached hydrogen (secondary N) is 4. The number of nitro benzene ring substituents is 1. The number of nitro groups is 1. The van der Waals surface area contributed by atoms with Gasteiger partial charge < -0.3 is 55.5 Å². The Hall–Kier alpha value is -6.58. The number of alkyl halides is 1. The molecule has 6 N–H and O–H groups in total. The molecule has 21 nitrogen and oxygen atoms in total. The van der Waals surface area contributed by atoms with Gasteiger partial charge in [0.25, 0.3) is 0 Å². The molecule has 2 bridgehead atoms. The first-order chi connectivity index (χ1) is 37.2. The summed E-state index contributed by atoms with van der Waals surface area (Å²) in [4.78, 5) is 120. The first kappa shape index (κ1) is 63.3. The second kappa shape index (κ2) is 27.5. The Labute approximate surface area is 468 Å². The number of hydrogen-bond donors (Lipinski definition) is 6. The smallest absolute Gasteiger partial charge is 0.310 e. The van der Waals surface area contributed by atoms with Crippen molar-refractivity contribution in [1.29, 1.82) is 0 Å². The van der Waals surface area contributed by atoms with Crippen LogP contribution < -0.4 is 21.3 Å². The van der Waals surface area contributed by atoms with Crippen molar-refractivity contribution in [3.8, 4) is 5.75 Å². The van der Waals surface area contributed by atoms with Gasteiger partial charge in [0.1, 0.15) is 48.5 Å². The number of phenolic OH excluding ortho intramolecular Hbond substituents is 1. The number of aromatic hydroxyl groups is 1. The van der Waals surface area contributed by atoms with E-state index in [9.17, 15) is 34.7 Å². The zero-order valence-electron chi connectivity index (χ0n) is 47.7. The van der Waals surface area contributed by atoms with Crippen LogP contribution >= 0.6 is 11.6 Å². The summed E-state index contributed by atoms with van der Waals surface area (Å²) in [5.74, 6) is -6.71. The lowest BCUT2D eigenvalue weighted by Gasteiger charge is -2.48. The third-order valence-electron chi connectivity index (χ3n) is 15.0. The first-order valence-corrected chi connectivity index (χ1v) is 27.8. The molecule has 2 aliphatic heterocycles. The topological polar surface area (TPSA) is 275 Å². The number of rotatable bonds is 17. The van der Waals surface area contributed by atoms with E-state index in [1.165, 1.54) is 41.8 Å². The first-order valence-electron chi connectivity index (χ1n) is 27.3. The summed E-state index contributed by atoms with van der Waals surface area (Å²) in [7, 11) is 2.82. The van der Waals surface area contributed by atoms with Crippen molar-refractivity contribution in [3.63, 3.8) is 0 Å². The van der Waals surface area contributed by atoms with Crippen molar-refractivity contribution < 1.29 is 53.4 Å². The molecule has 3 aromatic rings. The monoisotopic (exact) mass is 1120 g/mol. The number of benzene rings is 2. The molecule has 0 spiro atoms. The Morgan fingerprint density at radius 3 is 2.05 bits per heavy atom. The maximum Gasteiger partial charge on any atom is 0.310 e. The minimum Gasteiger partial charge on any atom is -0.502 e. The van der Waals surface area contributed by atoms with Crippen LogP contribution in [0.3, 0.4) is 0 Å². The standard InChI is InChI=1S/C57H82ClN9O12/c1-13-15-19-39-49(70)62-41(29-37-31-65(57(9,10)48(69)30-58)42-20-17-16-18-38(37)42)54(75)63(11)44(24-32(3)4)51(72)61-40(27-36-21-22-47(68)43(28-36)67(77)78)50(71)59-35(8)53(74)64(12)46-26-34(7)56(79-23-14-2)66(55(46)76)45(25-33(5)6)52(73)60-39/h13,15-18,20-22,28,31-35,39-41,44-46,48,56,68-69H,14,19,23-27,29-30H2,1-12H3,(H,59,71)(H,60,73)(H,61,72)(H,62,70)/b15-13+/t34?,35-,39-,40-,41-,44-,45-,46-,48+,56+/m0/s1. The summed E-state index contributed by atoms with van der Waals surface area (Å²) < 4.78 is 8.22. The number of nitrogens with zero attached hydrogens (tertiary/aromatic N) is 5. The van der Waals surface area contributed by atoms with Gasteiger partial charge in [-0.3, -0.25) is 43.7 Å². The third kappa shape index (κ3) is 15.0. The van der Waals surface area contributed by atoms with Crippen LogP contribution in [0.1, 0.15) is 112 Å². The number of phenols is 1. The summed E-state index contributed by atoms with van der Waals surface area (Å²) in [6.45, 7) is 18.2. The van der Waals surface area contributed by atoms with Crippen LogP contribution in [0, 0.1) is 27.9 Å². The molecular weight excluding hydrogens is 1040 g/mol. The number of carbonyl (C=O) groups is 7. The van der Waals surface area contributed by atoms with E-state index in [2.05, 4.69) is 21.3 Å². The molecule has 0 saturated carbocycles. The number of likely N-dealkylation sites (N-methyl/N-ethyl adjacent to an activating group) is 2. The molecule has 79 heavy (non-hydrogen) atoms. The third-order valence-corrected chi connectivity index (χ3v) is 15.3. The number of halogens is 1. The second-order valence-electron chi connectivity index (χ2n) is 22.5. The number of aromatic nitrogens is 1. The zero-order chi connectivity index (χ0) is 58.8. The van der Waals surface area contributed by atoms with E-state index in [-0.39, 0.29) is 68.4 Å². The van der Waals surface area contributed by atoms with Gasteiger partial charge in [0.2, 0.25) is 41.4 Å². The maximum absolute atomic E-state index is 15.5. The molecule has 7 amide bonds. The van der Waals surface area contributed by atoms with Gasteiger partial charge in [-0.1, -0.05) is 78.0 Å². The summed E-state index contributed by atoms with van der Waals surface area (Å²) in [6, 6.07) is 1.56. The van der Waals surface area contributed by atoms with Gasteiger partial charge >= 0.3 is 5.69 Å². The Morgan fingerprint density at radius 2 is 1.43 bits per heavy atom. The molecule has 2 saturated heterocycles. The normalized spacial score (nSPS) is 25.1. The quantitative estimate of drug-likeness (QED) is 0.0449. The van der Waals surface area contributed by atoms with Crippen LogP contribution in [0.2, 0.25) is 0 Å². The molecule has 434 valence electrons. The summed E-state index contributed by atoms with van der Waals surface area (Å²) in [6.07, 6.45) is 3.56. The largest absolute Gasteiger partial charge is 0.502 e. The fraction of sp³-hybridized carbons (Fsp3) is 0.596. The van der Waals surface area contributed by atoms with Gasteiger partial charge in [-0.25, -0.2) is 0 Å². The number of hydrogen-bond acceptors (Lipinski definition) is 12. The number of allylic oxidation sites excluding steroid dienone is 1. The van der Waals surface area contributed by atoms with E-state index >= 15 is 19.2 Å². The van der Waals surface area contributed by atoms with Crippen LogP contribution in [0.25, 0.3) is 10.9 Å². The molecule has 10 atom stereocenters. The minimum atomic E-state index is -1.54. The lowest BCUT2D eigenvalue weighted by atomic mass is 9.88. The van der Waals surface area contributed by atoms with Crippen molar-refractivity contribution in [3.05, 3.63) is 82.1 Å². The van der Waals surface area contributed by atoms with Crippen molar-refractivity contribution in [2.45, 2.75) is 174 Å². The van der Waals surface area contributed by atoms with Gasteiger partial charge in [-0.05, 0) is 94.9 Å². The number of ether oxygens (including phenoxy) is 1. The molecule has 22 heteroatoms. The van der Waals surface area contributed by atoms with Crippen LogP contribution in [0.4, 0.5) is 5.69 Å². The van der Waals surface area contributed by atoms with Crippen molar-refractivity contribution >= 4 is 69.5 Å². The average Bonchev–Trinajstić information content (AvgIpc) is 3.81. The van der Waals surface area contributed by atoms with Crippen LogP contribution in [-0.4, -0.2) is 157 Å². The predicted octanol–water partition coefficient (Wildman–Crippen LogP) is 5.05. The van der Waals surface area contributed by atoms with Gasteiger partial charge in [0.05, 0.1) is 22.4 Å². The van der Waals surface area contributed by atoms with Crippen LogP contribution in [0.15, 0.2) is 60.8 Å². The molecule has 1 unspecified atom stereocenters. The highest BCUT2D eigenvalue weighted by Gasteiger charge is 2.49. The molecule has 0 radical (unpaired) electrons. The number of para-hydroxylation sites is 1. The molecule has 0 aliphatic carbocycles. The summed E-state index contributed by atoms with van der Waals surface area (Å²) in [5.41, 5.74) is -0.177. The number of aliphatic hydroxyl groups is 1. The number of piperidine rings is 1. The van der Waals surface area contributed by atoms with Crippen molar-refractivity contribution in [1.82, 2.24) is 40.5 Å². The van der Waals surface area contributed by atoms with E-state index in [0.717, 1.165) is 12.1 Å². The highest BCUT2D eigenvalue weighted by atomic mass is 35.5. The Kier molecular flexibility index (Phi) is 22.0. The molecule has 1 aromatic heterocycles. The Bertz CT molecular complexity index is 2730. The SMILES string of the molecule is C/C=C/C[C@@H]1NC(=O)[C@H](CC(C)C)N2C(=O)[C@H](CC(C)[C@H]2OCCC)N(C)C(=O)[C@H](C)NC(=O)[C@H](Cc2ccc(O)c([N+](=O)[O-])c2)NC(=O)[C@H](CC(C)C)N(C)C(=O)[C@H](Cc2cn(C(C)(C)[C@H](O)CCl)c3ccccc23)NC1=O. The lowest BCUT2D eigenvalue weighted by molar-refractivity contribution is -0.385. The minimum absolute atomic E-state index is 0.0358. The highest BCUT2D eigenvalue weighted by molar-refractivity contribution is 6.18. The zero-order valence-corrected chi connectivity index (χ0v) is 48.4. The second-order valence-corrected chi connectivity index (χ2v) is 22.8. The predicted molar refractivity (Wildman–Crippen MR) is 299 cm³/mol. The summed E-state index contributed by atoms with van der Waals surface area (Å²) in [5, 5.41) is 45.4. The molecule has 5 rings (SSSR count). The van der Waals surface area contributed by atoms with Gasteiger partial charge in [-0.15, -0.1) is 11.6 Å². The molecular formula is C57H82ClN9O12. The van der Waals surface area contributed by atoms with Crippen molar-refractivity contribution in [2.24, 2.45) is 17.8 Å². The van der Waals surface area contributed by atoms with Crippen molar-refractivity contribution in [2.75, 3.05) is 26.6 Å². The number of carbonyl (C=O) groups excluding carboxylic acids is 7. The molecule has 2 aromatic carbocycles. The number of amides is 7. The fourth-order valence-corrected chi connectivity index (χ4v) is 10.8. The lowest BCUT2D eigenvalue weighted by Crippen LogP contribution is -2.67. The highest BCUT2D eigenvalue weighted by Crippen LogP contribution is 2.34. The van der Waals surface area contributed by atoms with E-state index in [1.54, 1.807) is 25.3 Å². The summed E-state index contributed by atoms with van der Waals surface area (Å²) >= 11 is 6.21. The number of fused-ring (bicyclic) bond motifs is 3. The Morgan fingerprint density at radius 1 is 0.823 bits per heavy atom. The van der Waals surface area contributed by atoms with E-state index in [1.807, 2.05) is 84.2 Å². The van der Waals surface area contributed by atoms with Gasteiger partial charge in [0, 0.05) is 62.6 Å². The van der Waals surface area contributed by atoms with Gasteiger partial charge in [0.15, 0.2) is 5.75 Å². The number of aliphatic hydroxyl groups excluding tert-OH is 1. The molecule has 3 heterocycles. The molecule has 2 aliphatic rings. The van der Waals surface area contributed by atoms with E-state index in [4.69, 9.17) is 16.3 Å². The van der Waals surface area contributed by atoms with E-state index < -0.39 is 124 Å². The van der Waals surface area contributed by atoms with Crippen LogP contribution in [-0.2, 0) is 56.7 Å². The Balaban J connectivity index is 1.75.